The Balaban J connectivity index is 1.52. The molecule has 3 aliphatic heterocycles. The Morgan fingerprint density at radius 2 is 1.15 bits per heavy atom. The quantitative estimate of drug-likeness (QED) is 0.269. The molecular weight excluding hydrogens is 541 g/mol. The number of benzene rings is 2. The normalized spacial score (nSPS) is 22.6. The molecule has 6 rings (SSSR count). The van der Waals surface area contributed by atoms with Crippen LogP contribution in [-0.4, -0.2) is 99.1 Å². The zero-order valence-electron chi connectivity index (χ0n) is 23.4. The molecule has 4 aliphatic rings. The van der Waals surface area contributed by atoms with Gasteiger partial charge < -0.3 is 23.8 Å². The summed E-state index contributed by atoms with van der Waals surface area (Å²) in [6, 6.07) is 18.9. The van der Waals surface area contributed by atoms with Gasteiger partial charge in [-0.3, -0.25) is 4.57 Å². The topological polar surface area (TPSA) is 80.8 Å². The number of morpholine rings is 3. The summed E-state index contributed by atoms with van der Waals surface area (Å²) >= 11 is 0. The number of allylic oxidation sites excluding steroid dienone is 2. The molecule has 1 aliphatic carbocycles. The standard InChI is InChI=1S/C31H38N3O6P/c35-31(26-9-5-2-6-10-26)40-30(25-7-3-1-4-8-25)27-11-12-28(29(27)32-13-19-37-20-14-32)41(36,33-15-21-38-22-16-33)34-17-23-39-24-18-34/h1-10H,11-24H2. The molecule has 2 aromatic rings. The van der Waals surface area contributed by atoms with Crippen LogP contribution in [0.15, 0.2) is 77.2 Å². The number of ether oxygens (including phenoxy) is 4. The molecule has 3 saturated heterocycles. The van der Waals surface area contributed by atoms with Crippen molar-refractivity contribution in [2.75, 3.05) is 78.9 Å². The molecule has 0 spiro atoms. The average molecular weight is 580 g/mol. The van der Waals surface area contributed by atoms with Gasteiger partial charge in [-0.05, 0) is 25.0 Å². The Bertz CT molecular complexity index is 1290. The van der Waals surface area contributed by atoms with E-state index in [9.17, 15) is 4.79 Å². The second kappa shape index (κ2) is 13.0. The fourth-order valence-electron chi connectivity index (χ4n) is 6.10. The lowest BCUT2D eigenvalue weighted by Gasteiger charge is -2.44. The summed E-state index contributed by atoms with van der Waals surface area (Å²) in [5.41, 5.74) is 3.20. The third-order valence-corrected chi connectivity index (χ3v) is 11.6. The molecule has 218 valence electrons. The summed E-state index contributed by atoms with van der Waals surface area (Å²) in [6.07, 6.45) is 1.26. The zero-order valence-corrected chi connectivity index (χ0v) is 24.3. The first-order valence-corrected chi connectivity index (χ1v) is 16.2. The highest BCUT2D eigenvalue weighted by Crippen LogP contribution is 2.66. The lowest BCUT2D eigenvalue weighted by Crippen LogP contribution is -2.44. The maximum atomic E-state index is 15.6. The number of hydrogen-bond acceptors (Lipinski definition) is 7. The van der Waals surface area contributed by atoms with Crippen LogP contribution in [0.2, 0.25) is 0 Å². The van der Waals surface area contributed by atoms with Gasteiger partial charge in [0.25, 0.3) is 0 Å². The van der Waals surface area contributed by atoms with Crippen LogP contribution in [0.25, 0.3) is 5.76 Å². The van der Waals surface area contributed by atoms with Gasteiger partial charge in [-0.25, -0.2) is 14.1 Å². The second-order valence-corrected chi connectivity index (χ2v) is 13.3. The Labute approximate surface area is 241 Å². The van der Waals surface area contributed by atoms with Gasteiger partial charge >= 0.3 is 5.97 Å². The van der Waals surface area contributed by atoms with Crippen LogP contribution in [0.1, 0.15) is 28.8 Å². The molecule has 0 N–H and O–H groups in total. The first-order chi connectivity index (χ1) is 20.2. The number of esters is 1. The fraction of sp³-hybridized carbons (Fsp3) is 0.452. The monoisotopic (exact) mass is 579 g/mol. The van der Waals surface area contributed by atoms with Crippen LogP contribution >= 0.6 is 7.44 Å². The van der Waals surface area contributed by atoms with Gasteiger partial charge in [0.15, 0.2) is 0 Å². The maximum Gasteiger partial charge on any atom is 0.343 e. The predicted molar refractivity (Wildman–Crippen MR) is 156 cm³/mol. The van der Waals surface area contributed by atoms with Crippen molar-refractivity contribution in [2.24, 2.45) is 0 Å². The van der Waals surface area contributed by atoms with Crippen molar-refractivity contribution in [1.82, 2.24) is 14.2 Å². The van der Waals surface area contributed by atoms with Crippen LogP contribution in [-0.2, 0) is 23.5 Å². The van der Waals surface area contributed by atoms with E-state index in [1.165, 1.54) is 0 Å². The highest BCUT2D eigenvalue weighted by molar-refractivity contribution is 7.63. The zero-order chi connectivity index (χ0) is 28.1. The van der Waals surface area contributed by atoms with Gasteiger partial charge in [0.1, 0.15) is 5.76 Å². The molecule has 0 unspecified atom stereocenters. The van der Waals surface area contributed by atoms with E-state index in [1.54, 1.807) is 12.1 Å². The molecule has 10 heteroatoms. The Kier molecular flexibility index (Phi) is 9.01. The average Bonchev–Trinajstić information content (AvgIpc) is 3.50. The molecule has 3 heterocycles. The lowest BCUT2D eigenvalue weighted by atomic mass is 10.0. The Morgan fingerprint density at radius 3 is 1.68 bits per heavy atom. The van der Waals surface area contributed by atoms with Crippen molar-refractivity contribution in [3.63, 3.8) is 0 Å². The summed E-state index contributed by atoms with van der Waals surface area (Å²) in [6.45, 7) is 7.23. The van der Waals surface area contributed by atoms with E-state index in [-0.39, 0.29) is 0 Å². The van der Waals surface area contributed by atoms with Crippen molar-refractivity contribution < 1.29 is 28.3 Å². The number of hydrogen-bond donors (Lipinski definition) is 0. The van der Waals surface area contributed by atoms with Crippen molar-refractivity contribution in [1.29, 1.82) is 0 Å². The van der Waals surface area contributed by atoms with E-state index in [0.29, 0.717) is 103 Å². The smallest absolute Gasteiger partial charge is 0.343 e. The second-order valence-electron chi connectivity index (χ2n) is 10.5. The molecule has 0 amide bonds. The third-order valence-electron chi connectivity index (χ3n) is 8.11. The van der Waals surface area contributed by atoms with Gasteiger partial charge in [-0.1, -0.05) is 48.5 Å². The third kappa shape index (κ3) is 5.93. The largest absolute Gasteiger partial charge is 0.422 e. The molecule has 9 nitrogen and oxygen atoms in total. The molecule has 0 atom stereocenters. The lowest BCUT2D eigenvalue weighted by molar-refractivity contribution is 0.0513. The summed E-state index contributed by atoms with van der Waals surface area (Å²) in [5, 5.41) is 0.947. The minimum absolute atomic E-state index is 0.406. The highest BCUT2D eigenvalue weighted by Gasteiger charge is 2.47. The number of carbonyl (C=O) groups is 1. The van der Waals surface area contributed by atoms with Crippen LogP contribution in [0.4, 0.5) is 0 Å². The maximum absolute atomic E-state index is 15.6. The molecule has 0 radical (unpaired) electrons. The number of carbonyl (C=O) groups excluding carboxylic acids is 1. The van der Waals surface area contributed by atoms with Gasteiger partial charge in [-0.15, -0.1) is 0 Å². The van der Waals surface area contributed by atoms with Crippen LogP contribution in [0.3, 0.4) is 0 Å². The molecule has 2 aromatic carbocycles. The van der Waals surface area contributed by atoms with E-state index in [4.69, 9.17) is 18.9 Å². The Morgan fingerprint density at radius 1 is 0.659 bits per heavy atom. The summed E-state index contributed by atoms with van der Waals surface area (Å²) < 4.78 is 43.3. The Hall–Kier alpha value is -2.78. The SMILES string of the molecule is O=C(OC(=C1CCC(P(=O)(N2CCOCC2)N2CCOCC2)=C1N1CCOCC1)c1ccccc1)c1ccccc1. The van der Waals surface area contributed by atoms with Crippen LogP contribution in [0, 0.1) is 0 Å². The highest BCUT2D eigenvalue weighted by atomic mass is 31.2. The van der Waals surface area contributed by atoms with E-state index in [1.807, 2.05) is 48.5 Å². The minimum Gasteiger partial charge on any atom is -0.422 e. The van der Waals surface area contributed by atoms with Gasteiger partial charge in [0.05, 0.1) is 50.9 Å². The van der Waals surface area contributed by atoms with Crippen molar-refractivity contribution in [3.8, 4) is 0 Å². The molecule has 0 bridgehead atoms. The first-order valence-electron chi connectivity index (χ1n) is 14.6. The summed E-state index contributed by atoms with van der Waals surface area (Å²) in [7, 11) is -3.17. The van der Waals surface area contributed by atoms with E-state index >= 15 is 4.57 Å². The molecule has 3 fully saturated rings. The van der Waals surface area contributed by atoms with E-state index in [2.05, 4.69) is 14.2 Å². The van der Waals surface area contributed by atoms with Gasteiger partial charge in [0, 0.05) is 55.7 Å². The molecule has 0 aromatic heterocycles. The van der Waals surface area contributed by atoms with Gasteiger partial charge in [0.2, 0.25) is 7.44 Å². The van der Waals surface area contributed by atoms with Gasteiger partial charge in [-0.2, -0.15) is 0 Å². The molecule has 41 heavy (non-hydrogen) atoms. The minimum atomic E-state index is -3.17. The van der Waals surface area contributed by atoms with E-state index < -0.39 is 13.4 Å². The number of nitrogens with zero attached hydrogens (tertiary/aromatic N) is 3. The summed E-state index contributed by atoms with van der Waals surface area (Å²) in [5.74, 6) is 0.128. The van der Waals surface area contributed by atoms with Crippen molar-refractivity contribution in [3.05, 3.63) is 88.4 Å². The summed E-state index contributed by atoms with van der Waals surface area (Å²) in [4.78, 5) is 15.7. The first kappa shape index (κ1) is 28.3. The predicted octanol–water partition coefficient (Wildman–Crippen LogP) is 4.45. The molecule has 0 saturated carbocycles. The van der Waals surface area contributed by atoms with Crippen LogP contribution in [0.5, 0.6) is 0 Å². The van der Waals surface area contributed by atoms with Crippen molar-refractivity contribution >= 4 is 19.2 Å². The number of rotatable bonds is 7. The van der Waals surface area contributed by atoms with E-state index in [0.717, 1.165) is 22.1 Å². The fourth-order valence-corrected chi connectivity index (χ4v) is 9.51. The van der Waals surface area contributed by atoms with Crippen LogP contribution < -0.4 is 0 Å². The van der Waals surface area contributed by atoms with Crippen molar-refractivity contribution in [2.45, 2.75) is 12.8 Å². The molecular formula is C31H38N3O6P.